The smallest absolute Gasteiger partial charge is 0.277 e. The van der Waals surface area contributed by atoms with Crippen LogP contribution in [0.2, 0.25) is 0 Å². The molecule has 1 fully saturated rings. The number of carbonyl (C=O) groups is 3. The van der Waals surface area contributed by atoms with Gasteiger partial charge >= 0.3 is 0 Å². The molecule has 10 nitrogen and oxygen atoms in total. The van der Waals surface area contributed by atoms with E-state index in [4.69, 9.17) is 14.0 Å². The molecule has 10 heteroatoms. The minimum Gasteiger partial charge on any atom is -0.490 e. The Labute approximate surface area is 197 Å². The van der Waals surface area contributed by atoms with Crippen LogP contribution in [0, 0.1) is 6.92 Å². The molecule has 0 aliphatic carbocycles. The first-order valence-electron chi connectivity index (χ1n) is 11.6. The summed E-state index contributed by atoms with van der Waals surface area (Å²) in [5.74, 6) is 0.265. The van der Waals surface area contributed by atoms with Crippen LogP contribution in [0.15, 0.2) is 28.8 Å². The fourth-order valence-corrected chi connectivity index (χ4v) is 4.32. The Kier molecular flexibility index (Phi) is 7.16. The zero-order chi connectivity index (χ0) is 24.2. The lowest BCUT2D eigenvalue weighted by molar-refractivity contribution is -0.134. The van der Waals surface area contributed by atoms with Crippen LogP contribution in [-0.4, -0.2) is 66.2 Å². The number of aromatic nitrogens is 1. The Morgan fingerprint density at radius 2 is 2.06 bits per heavy atom. The summed E-state index contributed by atoms with van der Waals surface area (Å²) >= 11 is 0. The third-order valence-corrected chi connectivity index (χ3v) is 6.12. The zero-order valence-corrected chi connectivity index (χ0v) is 19.6. The monoisotopic (exact) mass is 470 g/mol. The number of carbonyl (C=O) groups excluding carboxylic acids is 3. The number of hydrogen-bond acceptors (Lipinski definition) is 7. The van der Waals surface area contributed by atoms with E-state index in [2.05, 4.69) is 15.8 Å². The number of benzene rings is 1. The molecule has 1 aromatic heterocycles. The zero-order valence-electron chi connectivity index (χ0n) is 19.6. The van der Waals surface area contributed by atoms with Gasteiger partial charge in [-0.05, 0) is 44.4 Å². The van der Waals surface area contributed by atoms with Crippen LogP contribution in [0.5, 0.6) is 5.75 Å². The topological polar surface area (TPSA) is 123 Å². The molecular formula is C24H30N4O6. The van der Waals surface area contributed by atoms with Crippen LogP contribution in [0.1, 0.15) is 59.2 Å². The fourth-order valence-electron chi connectivity index (χ4n) is 4.32. The minimum absolute atomic E-state index is 0.0257. The van der Waals surface area contributed by atoms with E-state index in [1.165, 1.54) is 6.07 Å². The van der Waals surface area contributed by atoms with E-state index >= 15 is 0 Å². The maximum Gasteiger partial charge on any atom is 0.277 e. The lowest BCUT2D eigenvalue weighted by Crippen LogP contribution is -2.54. The molecule has 3 atom stereocenters. The van der Waals surface area contributed by atoms with Gasteiger partial charge in [0.1, 0.15) is 24.2 Å². The summed E-state index contributed by atoms with van der Waals surface area (Å²) < 4.78 is 17.1. The maximum atomic E-state index is 13.3. The molecule has 0 spiro atoms. The Morgan fingerprint density at radius 1 is 1.24 bits per heavy atom. The Morgan fingerprint density at radius 3 is 2.79 bits per heavy atom. The number of nitrogens with one attached hydrogen (secondary N) is 2. The van der Waals surface area contributed by atoms with Gasteiger partial charge in [-0.15, -0.1) is 0 Å². The highest BCUT2D eigenvalue weighted by atomic mass is 16.5. The number of anilines is 1. The van der Waals surface area contributed by atoms with Gasteiger partial charge in [-0.2, -0.15) is 0 Å². The maximum absolute atomic E-state index is 13.3. The van der Waals surface area contributed by atoms with Gasteiger partial charge in [-0.1, -0.05) is 12.1 Å². The van der Waals surface area contributed by atoms with Crippen molar-refractivity contribution in [3.05, 3.63) is 41.3 Å². The third kappa shape index (κ3) is 5.22. The van der Waals surface area contributed by atoms with Crippen molar-refractivity contribution in [3.63, 3.8) is 0 Å². The SMILES string of the molecule is CCCNC(=O)C[C@H]1CC[C@H]2[C@@H](COc3ccc(NC(=O)c4cc(C)on4)cc3C(=O)N2C)O1. The van der Waals surface area contributed by atoms with Crippen molar-refractivity contribution in [2.24, 2.45) is 0 Å². The van der Waals surface area contributed by atoms with Crippen molar-refractivity contribution in [1.29, 1.82) is 0 Å². The minimum atomic E-state index is -0.431. The molecule has 2 N–H and O–H groups in total. The molecule has 2 aromatic rings. The van der Waals surface area contributed by atoms with Crippen molar-refractivity contribution >= 4 is 23.4 Å². The number of nitrogens with zero attached hydrogens (tertiary/aromatic N) is 2. The van der Waals surface area contributed by atoms with Gasteiger partial charge in [0.25, 0.3) is 11.8 Å². The molecule has 4 rings (SSSR count). The van der Waals surface area contributed by atoms with Crippen LogP contribution in [0.4, 0.5) is 5.69 Å². The molecule has 2 aliphatic rings. The summed E-state index contributed by atoms with van der Waals surface area (Å²) in [6.45, 7) is 4.61. The van der Waals surface area contributed by atoms with E-state index in [9.17, 15) is 14.4 Å². The summed E-state index contributed by atoms with van der Waals surface area (Å²) in [5.41, 5.74) is 0.963. The first-order chi connectivity index (χ1) is 16.4. The number of aryl methyl sites for hydroxylation is 1. The van der Waals surface area contributed by atoms with Crippen molar-refractivity contribution in [2.75, 3.05) is 25.5 Å². The van der Waals surface area contributed by atoms with Gasteiger partial charge < -0.3 is 29.5 Å². The second kappa shape index (κ2) is 10.3. The van der Waals surface area contributed by atoms with Crippen LogP contribution in [-0.2, 0) is 9.53 Å². The first kappa shape index (κ1) is 23.7. The predicted molar refractivity (Wildman–Crippen MR) is 123 cm³/mol. The summed E-state index contributed by atoms with van der Waals surface area (Å²) in [4.78, 5) is 39.5. The van der Waals surface area contributed by atoms with Gasteiger partial charge in [-0.3, -0.25) is 14.4 Å². The van der Waals surface area contributed by atoms with Crippen molar-refractivity contribution in [3.8, 4) is 5.75 Å². The van der Waals surface area contributed by atoms with Gasteiger partial charge in [-0.25, -0.2) is 0 Å². The average molecular weight is 471 g/mol. The van der Waals surface area contributed by atoms with Crippen molar-refractivity contribution in [1.82, 2.24) is 15.4 Å². The largest absolute Gasteiger partial charge is 0.490 e. The highest BCUT2D eigenvalue weighted by molar-refractivity contribution is 6.04. The van der Waals surface area contributed by atoms with E-state index in [1.54, 1.807) is 37.1 Å². The Balaban J connectivity index is 1.46. The van der Waals surface area contributed by atoms with Gasteiger partial charge in [0.05, 0.1) is 24.1 Å². The molecule has 0 radical (unpaired) electrons. The van der Waals surface area contributed by atoms with Gasteiger partial charge in [0.15, 0.2) is 5.69 Å². The molecule has 34 heavy (non-hydrogen) atoms. The molecule has 0 saturated carbocycles. The summed E-state index contributed by atoms with van der Waals surface area (Å²) in [6.07, 6.45) is 2.02. The van der Waals surface area contributed by atoms with Crippen molar-refractivity contribution in [2.45, 2.75) is 57.8 Å². The lowest BCUT2D eigenvalue weighted by atomic mass is 9.94. The number of fused-ring (bicyclic) bond motifs is 2. The van der Waals surface area contributed by atoms with E-state index in [-0.39, 0.29) is 42.4 Å². The molecule has 1 aromatic carbocycles. The molecule has 2 aliphatic heterocycles. The van der Waals surface area contributed by atoms with Crippen LogP contribution in [0.3, 0.4) is 0 Å². The van der Waals surface area contributed by atoms with E-state index in [0.29, 0.717) is 48.6 Å². The summed E-state index contributed by atoms with van der Waals surface area (Å²) in [7, 11) is 1.75. The molecule has 0 bridgehead atoms. The predicted octanol–water partition coefficient (Wildman–Crippen LogP) is 2.53. The number of hydrogen-bond donors (Lipinski definition) is 2. The van der Waals surface area contributed by atoms with E-state index in [1.807, 2.05) is 6.92 Å². The van der Waals surface area contributed by atoms with Crippen LogP contribution >= 0.6 is 0 Å². The van der Waals surface area contributed by atoms with Crippen LogP contribution < -0.4 is 15.4 Å². The second-order valence-corrected chi connectivity index (χ2v) is 8.71. The molecule has 0 unspecified atom stereocenters. The van der Waals surface area contributed by atoms with Gasteiger partial charge in [0, 0.05) is 25.3 Å². The highest BCUT2D eigenvalue weighted by Crippen LogP contribution is 2.32. The third-order valence-electron chi connectivity index (χ3n) is 6.12. The normalized spacial score (nSPS) is 22.0. The van der Waals surface area contributed by atoms with Crippen LogP contribution in [0.25, 0.3) is 0 Å². The van der Waals surface area contributed by atoms with E-state index < -0.39 is 5.91 Å². The number of rotatable bonds is 6. The number of amides is 3. The Hall–Kier alpha value is -3.40. The average Bonchev–Trinajstić information content (AvgIpc) is 3.27. The lowest BCUT2D eigenvalue weighted by Gasteiger charge is -2.42. The molecular weight excluding hydrogens is 440 g/mol. The number of likely N-dealkylation sites (N-methyl/N-ethyl adjacent to an activating group) is 1. The Bertz CT molecular complexity index is 1070. The summed E-state index contributed by atoms with van der Waals surface area (Å²) in [6, 6.07) is 6.29. The molecule has 182 valence electrons. The standard InChI is InChI=1S/C24H30N4O6/c1-4-9-25-22(29)12-16-6-7-19-21(33-16)13-32-20-8-5-15(11-17(20)24(31)28(19)3)26-23(30)18-10-14(2)34-27-18/h5,8,10-11,16,19,21H,4,6-7,9,12-13H2,1-3H3,(H,25,29)(H,26,30)/t16-,19+,21-/m1/s1. The van der Waals surface area contributed by atoms with Gasteiger partial charge in [0.2, 0.25) is 5.91 Å². The highest BCUT2D eigenvalue weighted by Gasteiger charge is 2.39. The van der Waals surface area contributed by atoms with E-state index in [0.717, 1.165) is 6.42 Å². The summed E-state index contributed by atoms with van der Waals surface area (Å²) in [5, 5.41) is 9.33. The molecule has 3 heterocycles. The first-order valence-corrected chi connectivity index (χ1v) is 11.6. The quantitative estimate of drug-likeness (QED) is 0.665. The molecule has 1 saturated heterocycles. The number of ether oxygens (including phenoxy) is 2. The second-order valence-electron chi connectivity index (χ2n) is 8.71. The molecule has 3 amide bonds. The van der Waals surface area contributed by atoms with Crippen molar-refractivity contribution < 1.29 is 28.4 Å². The fraction of sp³-hybridized carbons (Fsp3) is 0.500.